The maximum absolute atomic E-state index is 11.9. The van der Waals surface area contributed by atoms with Gasteiger partial charge in [0.25, 0.3) is 5.91 Å². The number of carbonyl (C=O) groups excluding carboxylic acids is 1. The molecule has 0 bridgehead atoms. The van der Waals surface area contributed by atoms with E-state index in [4.69, 9.17) is 14.2 Å². The van der Waals surface area contributed by atoms with Gasteiger partial charge in [0, 0.05) is 26.4 Å². The number of benzene rings is 1. The Bertz CT molecular complexity index is 704. The molecule has 0 aliphatic carbocycles. The van der Waals surface area contributed by atoms with E-state index in [1.165, 1.54) is 0 Å². The number of rotatable bonds is 10. The number of anilines is 1. The summed E-state index contributed by atoms with van der Waals surface area (Å²) in [6.45, 7) is 1.66. The zero-order valence-corrected chi connectivity index (χ0v) is 15.4. The fourth-order valence-corrected chi connectivity index (χ4v) is 2.37. The van der Waals surface area contributed by atoms with Crippen molar-refractivity contribution >= 4 is 11.7 Å². The quantitative estimate of drug-likeness (QED) is 0.633. The molecular formula is C19H25N3O4. The van der Waals surface area contributed by atoms with Gasteiger partial charge in [-0.2, -0.15) is 0 Å². The van der Waals surface area contributed by atoms with Gasteiger partial charge < -0.3 is 24.8 Å². The van der Waals surface area contributed by atoms with E-state index >= 15 is 0 Å². The van der Waals surface area contributed by atoms with Gasteiger partial charge in [-0.05, 0) is 36.2 Å². The van der Waals surface area contributed by atoms with Gasteiger partial charge in [0.15, 0.2) is 11.5 Å². The van der Waals surface area contributed by atoms with Gasteiger partial charge in [0.2, 0.25) is 0 Å². The average Bonchev–Trinajstić information content (AvgIpc) is 2.68. The van der Waals surface area contributed by atoms with Gasteiger partial charge in [-0.1, -0.05) is 6.07 Å². The van der Waals surface area contributed by atoms with Crippen LogP contribution in [0.25, 0.3) is 0 Å². The summed E-state index contributed by atoms with van der Waals surface area (Å²) in [6, 6.07) is 9.39. The van der Waals surface area contributed by atoms with Gasteiger partial charge in [-0.25, -0.2) is 4.98 Å². The molecule has 0 aliphatic heterocycles. The molecule has 26 heavy (non-hydrogen) atoms. The Morgan fingerprint density at radius 3 is 2.50 bits per heavy atom. The third-order valence-corrected chi connectivity index (χ3v) is 3.79. The van der Waals surface area contributed by atoms with E-state index < -0.39 is 0 Å². The Morgan fingerprint density at radius 2 is 1.85 bits per heavy atom. The molecule has 7 nitrogen and oxygen atoms in total. The molecule has 0 spiro atoms. The molecule has 0 saturated carbocycles. The fraction of sp³-hybridized carbons (Fsp3) is 0.368. The Kier molecular flexibility index (Phi) is 7.70. The highest BCUT2D eigenvalue weighted by Gasteiger charge is 2.06. The van der Waals surface area contributed by atoms with Crippen LogP contribution in [0.3, 0.4) is 0 Å². The smallest absolute Gasteiger partial charge is 0.252 e. The van der Waals surface area contributed by atoms with Crippen molar-refractivity contribution in [3.05, 3.63) is 47.7 Å². The van der Waals surface area contributed by atoms with E-state index in [2.05, 4.69) is 15.6 Å². The molecule has 1 aromatic heterocycles. The van der Waals surface area contributed by atoms with Gasteiger partial charge in [-0.3, -0.25) is 4.79 Å². The SMILES string of the molecule is COCCNC(=O)c1ccc(NCCc2ccc(OC)c(OC)c2)nc1. The summed E-state index contributed by atoms with van der Waals surface area (Å²) in [5.74, 6) is 1.99. The van der Waals surface area contributed by atoms with E-state index in [1.54, 1.807) is 39.7 Å². The summed E-state index contributed by atoms with van der Waals surface area (Å²) in [7, 11) is 4.83. The number of ether oxygens (including phenoxy) is 3. The van der Waals surface area contributed by atoms with E-state index in [0.717, 1.165) is 17.8 Å². The van der Waals surface area contributed by atoms with E-state index in [9.17, 15) is 4.79 Å². The van der Waals surface area contributed by atoms with Crippen molar-refractivity contribution in [2.75, 3.05) is 46.3 Å². The number of nitrogens with one attached hydrogen (secondary N) is 2. The highest BCUT2D eigenvalue weighted by Crippen LogP contribution is 2.27. The minimum atomic E-state index is -0.161. The third kappa shape index (κ3) is 5.63. The second-order valence-corrected chi connectivity index (χ2v) is 5.55. The van der Waals surface area contributed by atoms with Crippen LogP contribution in [0, 0.1) is 0 Å². The lowest BCUT2D eigenvalue weighted by molar-refractivity contribution is 0.0937. The summed E-state index contributed by atoms with van der Waals surface area (Å²) in [5.41, 5.74) is 1.65. The first-order chi connectivity index (χ1) is 12.7. The van der Waals surface area contributed by atoms with Crippen LogP contribution < -0.4 is 20.1 Å². The fourth-order valence-electron chi connectivity index (χ4n) is 2.37. The van der Waals surface area contributed by atoms with E-state index in [-0.39, 0.29) is 5.91 Å². The molecule has 2 rings (SSSR count). The largest absolute Gasteiger partial charge is 0.493 e. The van der Waals surface area contributed by atoms with Gasteiger partial charge in [0.05, 0.1) is 26.4 Å². The molecule has 1 aromatic carbocycles. The lowest BCUT2D eigenvalue weighted by Gasteiger charge is -2.10. The average molecular weight is 359 g/mol. The van der Waals surface area contributed by atoms with Crippen molar-refractivity contribution < 1.29 is 19.0 Å². The number of hydrogen-bond donors (Lipinski definition) is 2. The number of amides is 1. The number of hydrogen-bond acceptors (Lipinski definition) is 6. The molecule has 7 heteroatoms. The first-order valence-electron chi connectivity index (χ1n) is 8.36. The number of carbonyl (C=O) groups is 1. The lowest BCUT2D eigenvalue weighted by atomic mass is 10.1. The summed E-state index contributed by atoms with van der Waals surface area (Å²) < 4.78 is 15.4. The maximum atomic E-state index is 11.9. The van der Waals surface area contributed by atoms with Crippen molar-refractivity contribution in [2.24, 2.45) is 0 Å². The van der Waals surface area contributed by atoms with Crippen LogP contribution in [0.1, 0.15) is 15.9 Å². The molecular weight excluding hydrogens is 334 g/mol. The van der Waals surface area contributed by atoms with Crippen molar-refractivity contribution in [1.29, 1.82) is 0 Å². The second kappa shape index (κ2) is 10.2. The summed E-state index contributed by atoms with van der Waals surface area (Å²) in [4.78, 5) is 16.2. The van der Waals surface area contributed by atoms with Gasteiger partial charge >= 0.3 is 0 Å². The Balaban J connectivity index is 1.83. The molecule has 0 fully saturated rings. The lowest BCUT2D eigenvalue weighted by Crippen LogP contribution is -2.27. The van der Waals surface area contributed by atoms with Crippen molar-refractivity contribution in [2.45, 2.75) is 6.42 Å². The van der Waals surface area contributed by atoms with Crippen LogP contribution in [0.4, 0.5) is 5.82 Å². The molecule has 2 N–H and O–H groups in total. The van der Waals surface area contributed by atoms with Crippen LogP contribution in [0.5, 0.6) is 11.5 Å². The van der Waals surface area contributed by atoms with Crippen LogP contribution in [0.15, 0.2) is 36.5 Å². The van der Waals surface area contributed by atoms with Crippen molar-refractivity contribution in [3.63, 3.8) is 0 Å². The number of aromatic nitrogens is 1. The van der Waals surface area contributed by atoms with E-state index in [0.29, 0.717) is 36.8 Å². The van der Waals surface area contributed by atoms with Gasteiger partial charge in [-0.15, -0.1) is 0 Å². The summed E-state index contributed by atoms with van der Waals surface area (Å²) >= 11 is 0. The minimum Gasteiger partial charge on any atom is -0.493 e. The second-order valence-electron chi connectivity index (χ2n) is 5.55. The predicted molar refractivity (Wildman–Crippen MR) is 100 cm³/mol. The van der Waals surface area contributed by atoms with Crippen molar-refractivity contribution in [1.82, 2.24) is 10.3 Å². The molecule has 0 radical (unpaired) electrons. The third-order valence-electron chi connectivity index (χ3n) is 3.79. The van der Waals surface area contributed by atoms with Crippen molar-refractivity contribution in [3.8, 4) is 11.5 Å². The first-order valence-corrected chi connectivity index (χ1v) is 8.36. The Hall–Kier alpha value is -2.80. The summed E-state index contributed by atoms with van der Waals surface area (Å²) in [5, 5.41) is 6.00. The van der Waals surface area contributed by atoms with Gasteiger partial charge in [0.1, 0.15) is 5.82 Å². The van der Waals surface area contributed by atoms with E-state index in [1.807, 2.05) is 18.2 Å². The predicted octanol–water partition coefficient (Wildman–Crippen LogP) is 2.13. The minimum absolute atomic E-state index is 0.161. The molecule has 0 saturated heterocycles. The monoisotopic (exact) mass is 359 g/mol. The van der Waals surface area contributed by atoms with Crippen LogP contribution >= 0.6 is 0 Å². The number of nitrogens with zero attached hydrogens (tertiary/aromatic N) is 1. The normalized spacial score (nSPS) is 10.3. The molecule has 1 heterocycles. The summed E-state index contributed by atoms with van der Waals surface area (Å²) in [6.07, 6.45) is 2.36. The Morgan fingerprint density at radius 1 is 1.04 bits per heavy atom. The number of pyridine rings is 1. The highest BCUT2D eigenvalue weighted by atomic mass is 16.5. The zero-order chi connectivity index (χ0) is 18.8. The highest BCUT2D eigenvalue weighted by molar-refractivity contribution is 5.94. The zero-order valence-electron chi connectivity index (χ0n) is 15.4. The Labute approximate surface area is 153 Å². The molecule has 0 unspecified atom stereocenters. The van der Waals surface area contributed by atoms with Crippen LogP contribution in [-0.4, -0.2) is 51.9 Å². The molecule has 0 aliphatic rings. The van der Waals surface area contributed by atoms with Crippen LogP contribution in [0.2, 0.25) is 0 Å². The molecule has 1 amide bonds. The first kappa shape index (κ1) is 19.5. The number of methoxy groups -OCH3 is 3. The molecule has 140 valence electrons. The topological polar surface area (TPSA) is 81.7 Å². The van der Waals surface area contributed by atoms with Crippen LogP contribution in [-0.2, 0) is 11.2 Å². The molecule has 0 atom stereocenters. The standard InChI is InChI=1S/C19H25N3O4/c1-24-11-10-21-19(23)15-5-7-18(22-13-15)20-9-8-14-4-6-16(25-2)17(12-14)26-3/h4-7,12-13H,8-11H2,1-3H3,(H,20,22)(H,21,23). The maximum Gasteiger partial charge on any atom is 0.252 e. The molecule has 2 aromatic rings.